The van der Waals surface area contributed by atoms with E-state index in [1.807, 2.05) is 19.0 Å². The van der Waals surface area contributed by atoms with E-state index in [-0.39, 0.29) is 5.91 Å². The number of aromatic nitrogens is 3. The first-order chi connectivity index (χ1) is 9.08. The Morgan fingerprint density at radius 1 is 1.37 bits per heavy atom. The summed E-state index contributed by atoms with van der Waals surface area (Å²) in [6.45, 7) is 0.523. The van der Waals surface area contributed by atoms with Crippen molar-refractivity contribution in [1.29, 1.82) is 0 Å². The van der Waals surface area contributed by atoms with Crippen molar-refractivity contribution in [3.05, 3.63) is 41.9 Å². The fraction of sp³-hybridized carbons (Fsp3) is 0.308. The van der Waals surface area contributed by atoms with Crippen molar-refractivity contribution in [1.82, 2.24) is 20.1 Å². The van der Waals surface area contributed by atoms with Gasteiger partial charge in [-0.1, -0.05) is 0 Å². The summed E-state index contributed by atoms with van der Waals surface area (Å²) in [5.41, 5.74) is 1.60. The Balaban J connectivity index is 2.12. The molecule has 6 nitrogen and oxygen atoms in total. The molecule has 0 saturated carbocycles. The normalized spacial score (nSPS) is 10.3. The van der Waals surface area contributed by atoms with Gasteiger partial charge < -0.3 is 9.80 Å². The van der Waals surface area contributed by atoms with Crippen molar-refractivity contribution in [2.45, 2.75) is 6.54 Å². The average Bonchev–Trinajstić information content (AvgIpc) is 2.90. The fourth-order valence-corrected chi connectivity index (χ4v) is 1.73. The van der Waals surface area contributed by atoms with E-state index in [4.69, 9.17) is 0 Å². The minimum Gasteiger partial charge on any atom is -0.363 e. The first-order valence-corrected chi connectivity index (χ1v) is 5.94. The molecule has 0 aromatic carbocycles. The molecule has 0 aliphatic rings. The third kappa shape index (κ3) is 3.09. The number of amides is 1. The maximum absolute atomic E-state index is 12.3. The number of nitrogens with one attached hydrogen (secondary N) is 1. The topological polar surface area (TPSA) is 65.1 Å². The lowest BCUT2D eigenvalue weighted by Gasteiger charge is -2.17. The standard InChI is InChI=1S/C13H17N5O/c1-17(2)12-6-11(4-5-14-12)13(19)18(3)9-10-7-15-16-8-10/h4-8H,9H2,1-3H3,(H,15,16). The van der Waals surface area contributed by atoms with Crippen LogP contribution >= 0.6 is 0 Å². The van der Waals surface area contributed by atoms with Gasteiger partial charge in [-0.15, -0.1) is 0 Å². The van der Waals surface area contributed by atoms with E-state index in [9.17, 15) is 4.79 Å². The molecule has 0 bridgehead atoms. The number of carbonyl (C=O) groups is 1. The number of anilines is 1. The van der Waals surface area contributed by atoms with E-state index >= 15 is 0 Å². The molecule has 0 radical (unpaired) electrons. The van der Waals surface area contributed by atoms with Gasteiger partial charge in [0.2, 0.25) is 0 Å². The molecule has 0 aliphatic carbocycles. The summed E-state index contributed by atoms with van der Waals surface area (Å²) in [5.74, 6) is 0.731. The zero-order chi connectivity index (χ0) is 13.8. The number of rotatable bonds is 4. The zero-order valence-corrected chi connectivity index (χ0v) is 11.3. The Bertz CT molecular complexity index is 550. The van der Waals surface area contributed by atoms with E-state index in [1.54, 1.807) is 42.7 Å². The summed E-state index contributed by atoms with van der Waals surface area (Å²) >= 11 is 0. The second kappa shape index (κ2) is 5.51. The lowest BCUT2D eigenvalue weighted by Crippen LogP contribution is -2.26. The second-order valence-electron chi connectivity index (χ2n) is 4.56. The molecule has 2 aromatic rings. The van der Waals surface area contributed by atoms with Gasteiger partial charge in [-0.05, 0) is 12.1 Å². The summed E-state index contributed by atoms with van der Waals surface area (Å²) in [7, 11) is 5.56. The van der Waals surface area contributed by atoms with E-state index in [0.29, 0.717) is 12.1 Å². The van der Waals surface area contributed by atoms with Gasteiger partial charge in [0.1, 0.15) is 5.82 Å². The fourth-order valence-electron chi connectivity index (χ4n) is 1.73. The van der Waals surface area contributed by atoms with Gasteiger partial charge in [-0.3, -0.25) is 9.89 Å². The molecule has 6 heteroatoms. The summed E-state index contributed by atoms with van der Waals surface area (Å²) < 4.78 is 0. The van der Waals surface area contributed by atoms with Crippen molar-refractivity contribution in [2.75, 3.05) is 26.0 Å². The van der Waals surface area contributed by atoms with Crippen LogP contribution in [-0.4, -0.2) is 47.1 Å². The number of aromatic amines is 1. The number of pyridine rings is 1. The summed E-state index contributed by atoms with van der Waals surface area (Å²) in [5, 5.41) is 6.60. The number of hydrogen-bond acceptors (Lipinski definition) is 4. The van der Waals surface area contributed by atoms with Crippen molar-refractivity contribution in [2.24, 2.45) is 0 Å². The van der Waals surface area contributed by atoms with E-state index in [1.165, 1.54) is 0 Å². The lowest BCUT2D eigenvalue weighted by molar-refractivity contribution is 0.0785. The van der Waals surface area contributed by atoms with Crippen LogP contribution in [0.4, 0.5) is 5.82 Å². The largest absolute Gasteiger partial charge is 0.363 e. The maximum atomic E-state index is 12.3. The quantitative estimate of drug-likeness (QED) is 0.894. The highest BCUT2D eigenvalue weighted by molar-refractivity contribution is 5.94. The van der Waals surface area contributed by atoms with Crippen LogP contribution in [0, 0.1) is 0 Å². The van der Waals surface area contributed by atoms with Crippen LogP contribution in [0.5, 0.6) is 0 Å². The summed E-state index contributed by atoms with van der Waals surface area (Å²) in [6, 6.07) is 3.51. The van der Waals surface area contributed by atoms with Crippen LogP contribution in [0.2, 0.25) is 0 Å². The Morgan fingerprint density at radius 3 is 2.79 bits per heavy atom. The van der Waals surface area contributed by atoms with Gasteiger partial charge in [0, 0.05) is 51.2 Å². The van der Waals surface area contributed by atoms with Crippen molar-refractivity contribution < 1.29 is 4.79 Å². The minimum absolute atomic E-state index is 0.0355. The Kier molecular flexibility index (Phi) is 3.79. The lowest BCUT2D eigenvalue weighted by atomic mass is 10.2. The third-order valence-electron chi connectivity index (χ3n) is 2.77. The molecular formula is C13H17N5O. The van der Waals surface area contributed by atoms with Crippen LogP contribution in [0.3, 0.4) is 0 Å². The molecular weight excluding hydrogens is 242 g/mol. The predicted molar refractivity (Wildman–Crippen MR) is 72.9 cm³/mol. The molecule has 1 amide bonds. The molecule has 0 atom stereocenters. The molecule has 100 valence electrons. The van der Waals surface area contributed by atoms with Gasteiger partial charge in [-0.2, -0.15) is 5.10 Å². The molecule has 2 heterocycles. The second-order valence-corrected chi connectivity index (χ2v) is 4.56. The van der Waals surface area contributed by atoms with Crippen molar-refractivity contribution in [3.8, 4) is 0 Å². The highest BCUT2D eigenvalue weighted by Crippen LogP contribution is 2.12. The van der Waals surface area contributed by atoms with E-state index in [0.717, 1.165) is 11.4 Å². The molecule has 0 fully saturated rings. The monoisotopic (exact) mass is 259 g/mol. The first-order valence-electron chi connectivity index (χ1n) is 5.94. The summed E-state index contributed by atoms with van der Waals surface area (Å²) in [6.07, 6.45) is 5.14. The van der Waals surface area contributed by atoms with Gasteiger partial charge in [0.25, 0.3) is 5.91 Å². The highest BCUT2D eigenvalue weighted by atomic mass is 16.2. The molecule has 19 heavy (non-hydrogen) atoms. The molecule has 0 saturated heterocycles. The molecule has 0 aliphatic heterocycles. The van der Waals surface area contributed by atoms with Crippen LogP contribution < -0.4 is 4.90 Å². The van der Waals surface area contributed by atoms with Gasteiger partial charge >= 0.3 is 0 Å². The van der Waals surface area contributed by atoms with Crippen molar-refractivity contribution >= 4 is 11.7 Å². The van der Waals surface area contributed by atoms with Gasteiger partial charge in [0.15, 0.2) is 0 Å². The van der Waals surface area contributed by atoms with E-state index in [2.05, 4.69) is 15.2 Å². The Hall–Kier alpha value is -2.37. The van der Waals surface area contributed by atoms with Gasteiger partial charge in [-0.25, -0.2) is 4.98 Å². The zero-order valence-electron chi connectivity index (χ0n) is 11.3. The SMILES string of the molecule is CN(Cc1cn[nH]c1)C(=O)c1ccnc(N(C)C)c1. The molecule has 1 N–H and O–H groups in total. The molecule has 0 unspecified atom stereocenters. The molecule has 2 aromatic heterocycles. The first kappa shape index (κ1) is 13.1. The third-order valence-corrected chi connectivity index (χ3v) is 2.77. The predicted octanol–water partition coefficient (Wildman–Crippen LogP) is 1.14. The highest BCUT2D eigenvalue weighted by Gasteiger charge is 2.13. The summed E-state index contributed by atoms with van der Waals surface area (Å²) in [4.78, 5) is 20.0. The average molecular weight is 259 g/mol. The molecule has 0 spiro atoms. The smallest absolute Gasteiger partial charge is 0.254 e. The Labute approximate surface area is 112 Å². The number of nitrogens with zero attached hydrogens (tertiary/aromatic N) is 4. The maximum Gasteiger partial charge on any atom is 0.254 e. The molecule has 2 rings (SSSR count). The van der Waals surface area contributed by atoms with Crippen LogP contribution in [-0.2, 0) is 6.54 Å². The van der Waals surface area contributed by atoms with Crippen LogP contribution in [0.1, 0.15) is 15.9 Å². The van der Waals surface area contributed by atoms with Crippen LogP contribution in [0.25, 0.3) is 0 Å². The number of H-pyrrole nitrogens is 1. The van der Waals surface area contributed by atoms with Crippen molar-refractivity contribution in [3.63, 3.8) is 0 Å². The number of carbonyl (C=O) groups excluding carboxylic acids is 1. The number of hydrogen-bond donors (Lipinski definition) is 1. The van der Waals surface area contributed by atoms with E-state index < -0.39 is 0 Å². The Morgan fingerprint density at radius 2 is 2.16 bits per heavy atom. The minimum atomic E-state index is -0.0355. The van der Waals surface area contributed by atoms with Crippen LogP contribution in [0.15, 0.2) is 30.7 Å². The van der Waals surface area contributed by atoms with Gasteiger partial charge in [0.05, 0.1) is 6.20 Å².